The molecule has 0 unspecified atom stereocenters. The molecule has 1 fully saturated rings. The van der Waals surface area contributed by atoms with Crippen molar-refractivity contribution in [3.8, 4) is 16.9 Å². The van der Waals surface area contributed by atoms with Gasteiger partial charge in [0.15, 0.2) is 0 Å². The molecule has 12 heteroatoms. The Hall–Kier alpha value is -4.65. The Morgan fingerprint density at radius 1 is 1.14 bits per heavy atom. The molecule has 1 saturated heterocycles. The number of nitrogens with one attached hydrogen (secondary N) is 2. The molecule has 0 bridgehead atoms. The van der Waals surface area contributed by atoms with Gasteiger partial charge in [-0.15, -0.1) is 0 Å². The highest BCUT2D eigenvalue weighted by Crippen LogP contribution is 2.33. The number of anilines is 1. The highest BCUT2D eigenvalue weighted by atomic mass is 19.1. The first-order valence-electron chi connectivity index (χ1n) is 14.0. The number of carbonyl (C=O) groups excluding carboxylic acids is 2. The number of rotatable bonds is 8. The molecule has 2 aromatic heterocycles. The van der Waals surface area contributed by atoms with Crippen LogP contribution in [-0.2, 0) is 16.1 Å². The van der Waals surface area contributed by atoms with Crippen LogP contribution in [0, 0.1) is 12.7 Å². The van der Waals surface area contributed by atoms with Crippen LogP contribution in [0.5, 0.6) is 0 Å². The molecule has 3 amide bonds. The number of halogens is 1. The van der Waals surface area contributed by atoms with Crippen molar-refractivity contribution in [2.45, 2.75) is 25.6 Å². The van der Waals surface area contributed by atoms with Crippen LogP contribution < -0.4 is 10.6 Å². The van der Waals surface area contributed by atoms with E-state index >= 15 is 0 Å². The number of fused-ring (bicyclic) bond motifs is 1. The van der Waals surface area contributed by atoms with Crippen molar-refractivity contribution in [2.24, 2.45) is 0 Å². The second-order valence-corrected chi connectivity index (χ2v) is 10.6. The number of hydrogen-bond acceptors (Lipinski definition) is 7. The number of para-hydroxylation sites is 1. The van der Waals surface area contributed by atoms with Gasteiger partial charge >= 0.3 is 6.03 Å². The van der Waals surface area contributed by atoms with Gasteiger partial charge in [-0.25, -0.2) is 13.9 Å². The normalized spacial score (nSPS) is 18.2. The lowest BCUT2D eigenvalue weighted by molar-refractivity contribution is -0.154. The Morgan fingerprint density at radius 3 is 2.65 bits per heavy atom. The Kier molecular flexibility index (Phi) is 7.89. The zero-order chi connectivity index (χ0) is 30.1. The molecule has 43 heavy (non-hydrogen) atoms. The van der Waals surface area contributed by atoms with Crippen molar-refractivity contribution < 1.29 is 23.6 Å². The summed E-state index contributed by atoms with van der Waals surface area (Å²) in [6.45, 7) is 3.73. The predicted octanol–water partition coefficient (Wildman–Crippen LogP) is 4.09. The highest BCUT2D eigenvalue weighted by molar-refractivity contribution is 5.97. The second kappa shape index (κ2) is 11.9. The number of benzene rings is 2. The van der Waals surface area contributed by atoms with Gasteiger partial charge in [0.2, 0.25) is 0 Å². The van der Waals surface area contributed by atoms with E-state index in [9.17, 15) is 14.0 Å². The maximum atomic E-state index is 13.6. The number of hydrogen-bond donors (Lipinski definition) is 2. The highest BCUT2D eigenvalue weighted by Gasteiger charge is 2.37. The Bertz CT molecular complexity index is 1640. The molecular formula is C31H32FN7O4. The van der Waals surface area contributed by atoms with Crippen LogP contribution in [0.25, 0.3) is 16.9 Å². The van der Waals surface area contributed by atoms with Crippen molar-refractivity contribution in [3.05, 3.63) is 95.1 Å². The molecule has 6 rings (SSSR count). The molecule has 2 N–H and O–H groups in total. The molecule has 4 aromatic rings. The largest absolute Gasteiger partial charge is 0.383 e. The van der Waals surface area contributed by atoms with Gasteiger partial charge in [-0.2, -0.15) is 10.2 Å². The summed E-state index contributed by atoms with van der Waals surface area (Å²) >= 11 is 0. The van der Waals surface area contributed by atoms with Gasteiger partial charge in [0.1, 0.15) is 23.4 Å². The van der Waals surface area contributed by atoms with Crippen LogP contribution in [0.2, 0.25) is 0 Å². The lowest BCUT2D eigenvalue weighted by Crippen LogP contribution is -2.42. The van der Waals surface area contributed by atoms with E-state index in [-0.39, 0.29) is 11.7 Å². The number of aromatic nitrogens is 3. The van der Waals surface area contributed by atoms with Crippen molar-refractivity contribution >= 4 is 17.8 Å². The Morgan fingerprint density at radius 2 is 1.91 bits per heavy atom. The predicted molar refractivity (Wildman–Crippen MR) is 157 cm³/mol. The molecule has 2 aromatic carbocycles. The standard InChI is InChI=1S/C31H32FN7O4/c1-19-26(21-15-22-17-37(2)30(40)27(22)33-16-21)36-39(24-7-5-4-6-8-24)29(19)35-31(41)34-25-18-38(13-14-42-3)43-28(25)20-9-11-23(32)12-10-20/h4-12,15-16,25,28H,13-14,17-18H2,1-3H3,(H2,34,35,41)/t25-,28+/m1/s1. The fraction of sp³-hybridized carbons (Fsp3) is 0.290. The third kappa shape index (κ3) is 5.72. The molecular weight excluding hydrogens is 553 g/mol. The second-order valence-electron chi connectivity index (χ2n) is 10.6. The molecule has 222 valence electrons. The molecule has 2 aliphatic rings. The summed E-state index contributed by atoms with van der Waals surface area (Å²) in [6, 6.07) is 16.6. The lowest BCUT2D eigenvalue weighted by atomic mass is 10.0. The fourth-order valence-corrected chi connectivity index (χ4v) is 5.44. The van der Waals surface area contributed by atoms with E-state index in [2.05, 4.69) is 15.6 Å². The third-order valence-electron chi connectivity index (χ3n) is 7.64. The minimum absolute atomic E-state index is 0.109. The number of pyridine rings is 1. The van der Waals surface area contributed by atoms with Crippen LogP contribution in [0.1, 0.15) is 33.3 Å². The van der Waals surface area contributed by atoms with Gasteiger partial charge < -0.3 is 15.0 Å². The monoisotopic (exact) mass is 585 g/mol. The van der Waals surface area contributed by atoms with Crippen molar-refractivity contribution in [1.29, 1.82) is 0 Å². The van der Waals surface area contributed by atoms with Gasteiger partial charge in [-0.05, 0) is 42.8 Å². The van der Waals surface area contributed by atoms with Gasteiger partial charge in [-0.1, -0.05) is 30.3 Å². The lowest BCUT2D eigenvalue weighted by Gasteiger charge is -2.19. The Balaban J connectivity index is 1.29. The molecule has 0 aliphatic carbocycles. The molecule has 11 nitrogen and oxygen atoms in total. The summed E-state index contributed by atoms with van der Waals surface area (Å²) in [5.41, 5.74) is 4.89. The summed E-state index contributed by atoms with van der Waals surface area (Å²) < 4.78 is 20.5. The minimum atomic E-state index is -0.516. The van der Waals surface area contributed by atoms with Crippen molar-refractivity contribution in [3.63, 3.8) is 0 Å². The molecule has 2 atom stereocenters. The maximum absolute atomic E-state index is 13.6. The molecule has 0 saturated carbocycles. The number of hydroxylamine groups is 2. The van der Waals surface area contributed by atoms with E-state index in [4.69, 9.17) is 14.7 Å². The van der Waals surface area contributed by atoms with Gasteiger partial charge in [0.25, 0.3) is 5.91 Å². The van der Waals surface area contributed by atoms with Crippen LogP contribution in [0.4, 0.5) is 15.0 Å². The van der Waals surface area contributed by atoms with Crippen molar-refractivity contribution in [1.82, 2.24) is 30.0 Å². The first-order valence-corrected chi connectivity index (χ1v) is 14.0. The third-order valence-corrected chi connectivity index (χ3v) is 7.64. The fourth-order valence-electron chi connectivity index (χ4n) is 5.44. The topological polar surface area (TPSA) is 114 Å². The van der Waals surface area contributed by atoms with E-state index in [1.807, 2.05) is 43.3 Å². The zero-order valence-corrected chi connectivity index (χ0v) is 24.1. The summed E-state index contributed by atoms with van der Waals surface area (Å²) in [6.07, 6.45) is 1.12. The number of urea groups is 1. The smallest absolute Gasteiger partial charge is 0.320 e. The SMILES string of the molecule is COCCN1C[C@@H](NC(=O)Nc2c(C)c(-c3cnc4c(c3)CN(C)C4=O)nn2-c2ccccc2)[C@H](c2ccc(F)cc2)O1. The molecule has 0 spiro atoms. The minimum Gasteiger partial charge on any atom is -0.383 e. The number of carbonyl (C=O) groups is 2. The number of nitrogens with zero attached hydrogens (tertiary/aromatic N) is 5. The number of amides is 3. The quantitative estimate of drug-likeness (QED) is 0.320. The average molecular weight is 586 g/mol. The zero-order valence-electron chi connectivity index (χ0n) is 24.1. The van der Waals surface area contributed by atoms with E-state index < -0.39 is 18.2 Å². The summed E-state index contributed by atoms with van der Waals surface area (Å²) in [4.78, 5) is 38.1. The summed E-state index contributed by atoms with van der Waals surface area (Å²) in [5.74, 6) is 0.0292. The summed E-state index contributed by atoms with van der Waals surface area (Å²) in [5, 5.41) is 12.7. The number of methoxy groups -OCH3 is 1. The number of ether oxygens (including phenoxy) is 1. The van der Waals surface area contributed by atoms with Gasteiger partial charge in [-0.3, -0.25) is 19.9 Å². The molecule has 2 aliphatic heterocycles. The maximum Gasteiger partial charge on any atom is 0.320 e. The van der Waals surface area contributed by atoms with E-state index in [0.717, 1.165) is 27.9 Å². The van der Waals surface area contributed by atoms with Crippen LogP contribution >= 0.6 is 0 Å². The van der Waals surface area contributed by atoms with E-state index in [1.54, 1.807) is 47.1 Å². The molecule has 0 radical (unpaired) electrons. The van der Waals surface area contributed by atoms with E-state index in [0.29, 0.717) is 43.4 Å². The van der Waals surface area contributed by atoms with Crippen molar-refractivity contribution in [2.75, 3.05) is 39.2 Å². The van der Waals surface area contributed by atoms with Crippen LogP contribution in [-0.4, -0.2) is 76.6 Å². The van der Waals surface area contributed by atoms with Crippen LogP contribution in [0.15, 0.2) is 66.9 Å². The molecule has 4 heterocycles. The van der Waals surface area contributed by atoms with Gasteiger partial charge in [0.05, 0.1) is 24.0 Å². The average Bonchev–Trinajstić information content (AvgIpc) is 3.65. The van der Waals surface area contributed by atoms with Gasteiger partial charge in [0, 0.05) is 56.7 Å². The van der Waals surface area contributed by atoms with Crippen LogP contribution in [0.3, 0.4) is 0 Å². The first-order chi connectivity index (χ1) is 20.8. The van der Waals surface area contributed by atoms with E-state index in [1.165, 1.54) is 12.1 Å². The Labute approximate surface area is 248 Å². The summed E-state index contributed by atoms with van der Waals surface area (Å²) in [7, 11) is 3.35. The first kappa shape index (κ1) is 28.5.